The summed E-state index contributed by atoms with van der Waals surface area (Å²) >= 11 is 1.60. The van der Waals surface area contributed by atoms with Crippen molar-refractivity contribution >= 4 is 17.2 Å². The monoisotopic (exact) mass is 262 g/mol. The summed E-state index contributed by atoms with van der Waals surface area (Å²) in [5.74, 6) is -0.382. The highest BCUT2D eigenvalue weighted by Gasteiger charge is 2.05. The van der Waals surface area contributed by atoms with Crippen LogP contribution in [0.15, 0.2) is 35.7 Å². The number of nitrogens with zero attached hydrogens (tertiary/aromatic N) is 1. The first-order chi connectivity index (χ1) is 8.78. The molecule has 0 saturated carbocycles. The molecule has 0 aliphatic carbocycles. The van der Waals surface area contributed by atoms with Gasteiger partial charge in [-0.25, -0.2) is 10.5 Å². The van der Waals surface area contributed by atoms with E-state index in [0.717, 1.165) is 17.1 Å². The van der Waals surface area contributed by atoms with Gasteiger partial charge >= 0.3 is 0 Å². The minimum absolute atomic E-state index is 0.255. The Morgan fingerprint density at radius 3 is 2.83 bits per heavy atom. The second-order valence-corrected chi connectivity index (χ2v) is 4.87. The van der Waals surface area contributed by atoms with Gasteiger partial charge in [0.15, 0.2) is 0 Å². The zero-order valence-corrected chi connectivity index (χ0v) is 10.6. The summed E-state index contributed by atoms with van der Waals surface area (Å²) < 4.78 is 0. The fraction of sp³-hybridized carbons (Fsp3) is 0.231. The maximum absolute atomic E-state index is 10.9. The minimum Gasteiger partial charge on any atom is -0.289 e. The van der Waals surface area contributed by atoms with Gasteiger partial charge in [0.1, 0.15) is 0 Å². The maximum Gasteiger partial charge on any atom is 0.243 e. The lowest BCUT2D eigenvalue weighted by molar-refractivity contribution is -0.129. The van der Waals surface area contributed by atoms with Gasteiger partial charge in [-0.3, -0.25) is 10.0 Å². The number of nitrogens with one attached hydrogen (secondary N) is 1. The van der Waals surface area contributed by atoms with E-state index < -0.39 is 0 Å². The zero-order valence-electron chi connectivity index (χ0n) is 9.80. The van der Waals surface area contributed by atoms with E-state index in [1.807, 2.05) is 23.6 Å². The van der Waals surface area contributed by atoms with Gasteiger partial charge in [0.25, 0.3) is 0 Å². The molecule has 0 saturated heterocycles. The number of thiazole rings is 1. The summed E-state index contributed by atoms with van der Waals surface area (Å²) in [5, 5.41) is 11.4. The van der Waals surface area contributed by atoms with Crippen molar-refractivity contribution in [3.8, 4) is 0 Å². The molecular formula is C13H14N2O2S. The van der Waals surface area contributed by atoms with Crippen molar-refractivity contribution in [2.24, 2.45) is 0 Å². The molecule has 2 N–H and O–H groups in total. The van der Waals surface area contributed by atoms with Gasteiger partial charge in [-0.1, -0.05) is 30.3 Å². The Hall–Kier alpha value is -1.72. The lowest BCUT2D eigenvalue weighted by Crippen LogP contribution is -2.18. The molecule has 0 spiro atoms. The van der Waals surface area contributed by atoms with Crippen LogP contribution in [0.1, 0.15) is 22.7 Å². The highest BCUT2D eigenvalue weighted by molar-refractivity contribution is 7.09. The molecule has 0 bridgehead atoms. The summed E-state index contributed by atoms with van der Waals surface area (Å²) in [5.41, 5.74) is 3.74. The smallest absolute Gasteiger partial charge is 0.243 e. The molecule has 0 radical (unpaired) electrons. The van der Waals surface area contributed by atoms with Gasteiger partial charge in [-0.15, -0.1) is 11.3 Å². The predicted octanol–water partition coefficient (Wildman–Crippen LogP) is 2.17. The maximum atomic E-state index is 10.9. The number of carbonyl (C=O) groups excluding carboxylic acids is 1. The van der Waals surface area contributed by atoms with E-state index in [9.17, 15) is 4.79 Å². The van der Waals surface area contributed by atoms with Crippen molar-refractivity contribution in [1.29, 1.82) is 0 Å². The molecule has 0 fully saturated rings. The van der Waals surface area contributed by atoms with Gasteiger partial charge in [-0.2, -0.15) is 0 Å². The van der Waals surface area contributed by atoms with Crippen LogP contribution in [0.25, 0.3) is 0 Å². The third kappa shape index (κ3) is 3.65. The van der Waals surface area contributed by atoms with Crippen molar-refractivity contribution in [3.63, 3.8) is 0 Å². The first-order valence-corrected chi connectivity index (χ1v) is 6.56. The van der Waals surface area contributed by atoms with Gasteiger partial charge < -0.3 is 0 Å². The number of aromatic nitrogens is 1. The van der Waals surface area contributed by atoms with Gasteiger partial charge in [0, 0.05) is 18.2 Å². The molecule has 0 atom stereocenters. The molecule has 0 unspecified atom stereocenters. The number of benzene rings is 1. The largest absolute Gasteiger partial charge is 0.289 e. The van der Waals surface area contributed by atoms with E-state index in [2.05, 4.69) is 17.1 Å². The number of hydrogen-bond donors (Lipinski definition) is 2. The molecule has 4 nitrogen and oxygen atoms in total. The van der Waals surface area contributed by atoms with E-state index in [4.69, 9.17) is 5.21 Å². The number of amides is 1. The summed E-state index contributed by atoms with van der Waals surface area (Å²) in [6, 6.07) is 10.1. The third-order valence-corrected chi connectivity index (χ3v) is 3.43. The van der Waals surface area contributed by atoms with Crippen LogP contribution >= 0.6 is 11.3 Å². The summed E-state index contributed by atoms with van der Waals surface area (Å²) in [4.78, 5) is 15.4. The lowest BCUT2D eigenvalue weighted by atomic mass is 10.2. The van der Waals surface area contributed by atoms with E-state index in [-0.39, 0.29) is 12.3 Å². The normalized spacial score (nSPS) is 10.3. The number of hydroxylamine groups is 1. The topological polar surface area (TPSA) is 62.2 Å². The highest BCUT2D eigenvalue weighted by Crippen LogP contribution is 2.15. The van der Waals surface area contributed by atoms with Gasteiger partial charge in [0.05, 0.1) is 10.7 Å². The van der Waals surface area contributed by atoms with Crippen LogP contribution in [0.5, 0.6) is 0 Å². The second kappa shape index (κ2) is 6.28. The van der Waals surface area contributed by atoms with E-state index in [0.29, 0.717) is 6.42 Å². The molecule has 1 aromatic carbocycles. The lowest BCUT2D eigenvalue weighted by Gasteiger charge is -1.97. The zero-order chi connectivity index (χ0) is 12.8. The SMILES string of the molecule is O=C(CCc1csc(Cc2ccccc2)n1)NO. The van der Waals surface area contributed by atoms with Crippen LogP contribution in [-0.4, -0.2) is 16.1 Å². The molecule has 5 heteroatoms. The van der Waals surface area contributed by atoms with Crippen molar-refractivity contribution in [1.82, 2.24) is 10.5 Å². The molecule has 1 amide bonds. The molecule has 94 valence electrons. The second-order valence-electron chi connectivity index (χ2n) is 3.93. The first-order valence-electron chi connectivity index (χ1n) is 5.68. The Bertz CT molecular complexity index is 511. The molecule has 0 aliphatic heterocycles. The van der Waals surface area contributed by atoms with Gasteiger partial charge in [-0.05, 0) is 12.0 Å². The Kier molecular flexibility index (Phi) is 4.44. The Balaban J connectivity index is 1.92. The number of rotatable bonds is 5. The number of carbonyl (C=O) groups is 1. The number of hydrogen-bond acceptors (Lipinski definition) is 4. The Morgan fingerprint density at radius 1 is 1.33 bits per heavy atom. The molecular weight excluding hydrogens is 248 g/mol. The van der Waals surface area contributed by atoms with E-state index in [1.54, 1.807) is 16.8 Å². The number of aryl methyl sites for hydroxylation is 1. The van der Waals surface area contributed by atoms with Crippen LogP contribution in [0.2, 0.25) is 0 Å². The van der Waals surface area contributed by atoms with Crippen molar-refractivity contribution in [2.45, 2.75) is 19.3 Å². The van der Waals surface area contributed by atoms with Crippen LogP contribution in [0, 0.1) is 0 Å². The Morgan fingerprint density at radius 2 is 2.11 bits per heavy atom. The third-order valence-electron chi connectivity index (χ3n) is 2.53. The molecule has 1 aromatic heterocycles. The van der Waals surface area contributed by atoms with Crippen LogP contribution in [0.3, 0.4) is 0 Å². The van der Waals surface area contributed by atoms with Gasteiger partial charge in [0.2, 0.25) is 5.91 Å². The highest BCUT2D eigenvalue weighted by atomic mass is 32.1. The van der Waals surface area contributed by atoms with E-state index >= 15 is 0 Å². The fourth-order valence-electron chi connectivity index (χ4n) is 1.61. The minimum atomic E-state index is -0.382. The quantitative estimate of drug-likeness (QED) is 0.641. The molecule has 0 aliphatic rings. The summed E-state index contributed by atoms with van der Waals surface area (Å²) in [7, 11) is 0. The summed E-state index contributed by atoms with van der Waals surface area (Å²) in [6.07, 6.45) is 1.63. The average molecular weight is 262 g/mol. The van der Waals surface area contributed by atoms with E-state index in [1.165, 1.54) is 5.56 Å². The Labute approximate surface area is 109 Å². The molecule has 1 heterocycles. The van der Waals surface area contributed by atoms with Crippen LogP contribution < -0.4 is 5.48 Å². The first kappa shape index (κ1) is 12.7. The van der Waals surface area contributed by atoms with Crippen LogP contribution in [-0.2, 0) is 17.6 Å². The summed E-state index contributed by atoms with van der Waals surface area (Å²) in [6.45, 7) is 0. The standard InChI is InChI=1S/C13H14N2O2S/c16-12(15-17)7-6-11-9-18-13(14-11)8-10-4-2-1-3-5-10/h1-5,9,17H,6-8H2,(H,15,16). The molecule has 18 heavy (non-hydrogen) atoms. The molecule has 2 rings (SSSR count). The molecule has 2 aromatic rings. The predicted molar refractivity (Wildman–Crippen MR) is 69.6 cm³/mol. The van der Waals surface area contributed by atoms with Crippen molar-refractivity contribution in [2.75, 3.05) is 0 Å². The van der Waals surface area contributed by atoms with Crippen molar-refractivity contribution < 1.29 is 10.0 Å². The van der Waals surface area contributed by atoms with Crippen LogP contribution in [0.4, 0.5) is 0 Å². The average Bonchev–Trinajstić information content (AvgIpc) is 2.85. The fourth-order valence-corrected chi connectivity index (χ4v) is 2.48. The van der Waals surface area contributed by atoms with Crippen molar-refractivity contribution in [3.05, 3.63) is 52.0 Å².